The summed E-state index contributed by atoms with van der Waals surface area (Å²) in [4.78, 5) is 0. The topological polar surface area (TPSA) is 71.2 Å². The largest absolute Gasteiger partial charge is 0.506 e. The number of benzene rings is 3. The molecular formula is C18H12ClN3O2S. The van der Waals surface area contributed by atoms with Crippen molar-refractivity contribution >= 4 is 35.0 Å². The summed E-state index contributed by atoms with van der Waals surface area (Å²) in [6.45, 7) is 0. The van der Waals surface area contributed by atoms with Gasteiger partial charge in [-0.3, -0.25) is 0 Å². The Labute approximate surface area is 153 Å². The number of hydrogen-bond donors (Lipinski definition) is 3. The standard InChI is InChI=1S/C18H12ClN3O2S/c19-15-14(23)9-8-13(17(15)24)22-16(18(25)20-21-22)12-7-3-5-10-4-1-2-6-11(10)12/h1-9,23-25H. The zero-order chi connectivity index (χ0) is 17.6. The highest BCUT2D eigenvalue weighted by Gasteiger charge is 2.20. The van der Waals surface area contributed by atoms with E-state index < -0.39 is 0 Å². The number of aromatic nitrogens is 3. The average Bonchev–Trinajstić information content (AvgIpc) is 3.00. The zero-order valence-corrected chi connectivity index (χ0v) is 14.4. The molecule has 4 aromatic rings. The predicted molar refractivity (Wildman–Crippen MR) is 99.9 cm³/mol. The van der Waals surface area contributed by atoms with E-state index in [2.05, 4.69) is 22.9 Å². The van der Waals surface area contributed by atoms with Crippen LogP contribution >= 0.6 is 24.2 Å². The number of halogens is 1. The van der Waals surface area contributed by atoms with Crippen molar-refractivity contribution in [3.63, 3.8) is 0 Å². The third-order valence-corrected chi connectivity index (χ3v) is 4.67. The molecule has 0 bridgehead atoms. The van der Waals surface area contributed by atoms with Crippen LogP contribution in [0.3, 0.4) is 0 Å². The lowest BCUT2D eigenvalue weighted by molar-refractivity contribution is 0.448. The van der Waals surface area contributed by atoms with Gasteiger partial charge in [-0.05, 0) is 22.9 Å². The molecule has 25 heavy (non-hydrogen) atoms. The number of fused-ring (bicyclic) bond motifs is 1. The SMILES string of the molecule is Oc1ccc(-n2nnc(S)c2-c2cccc3ccccc23)c(O)c1Cl. The maximum absolute atomic E-state index is 10.3. The second-order valence-electron chi connectivity index (χ2n) is 5.47. The molecule has 0 aliphatic carbocycles. The quantitative estimate of drug-likeness (QED) is 0.457. The molecule has 0 spiro atoms. The van der Waals surface area contributed by atoms with Gasteiger partial charge in [0.2, 0.25) is 0 Å². The molecule has 1 aromatic heterocycles. The number of aromatic hydroxyl groups is 2. The molecule has 0 saturated carbocycles. The molecule has 0 fully saturated rings. The molecule has 2 N–H and O–H groups in total. The maximum Gasteiger partial charge on any atom is 0.163 e. The molecule has 0 aliphatic heterocycles. The smallest absolute Gasteiger partial charge is 0.163 e. The molecule has 4 rings (SSSR count). The molecule has 124 valence electrons. The van der Waals surface area contributed by atoms with Crippen molar-refractivity contribution in [2.45, 2.75) is 5.03 Å². The van der Waals surface area contributed by atoms with Crippen molar-refractivity contribution < 1.29 is 10.2 Å². The summed E-state index contributed by atoms with van der Waals surface area (Å²) in [5, 5.41) is 30.4. The Bertz CT molecular complexity index is 1110. The van der Waals surface area contributed by atoms with Crippen LogP contribution in [0.15, 0.2) is 59.6 Å². The highest BCUT2D eigenvalue weighted by atomic mass is 35.5. The van der Waals surface area contributed by atoms with E-state index in [-0.39, 0.29) is 16.5 Å². The Morgan fingerprint density at radius 2 is 1.72 bits per heavy atom. The van der Waals surface area contributed by atoms with Gasteiger partial charge in [-0.15, -0.1) is 17.7 Å². The van der Waals surface area contributed by atoms with Gasteiger partial charge in [-0.2, -0.15) is 0 Å². The molecule has 0 unspecified atom stereocenters. The Kier molecular flexibility index (Phi) is 3.78. The minimum absolute atomic E-state index is 0.141. The van der Waals surface area contributed by atoms with Crippen LogP contribution < -0.4 is 0 Å². The van der Waals surface area contributed by atoms with Crippen LogP contribution in [-0.4, -0.2) is 25.2 Å². The van der Waals surface area contributed by atoms with Gasteiger partial charge in [0, 0.05) is 5.56 Å². The Balaban J connectivity index is 2.02. The lowest BCUT2D eigenvalue weighted by atomic mass is 10.0. The summed E-state index contributed by atoms with van der Waals surface area (Å²) in [5.74, 6) is -0.484. The van der Waals surface area contributed by atoms with Gasteiger partial charge in [0.15, 0.2) is 5.75 Å². The first-order chi connectivity index (χ1) is 12.1. The summed E-state index contributed by atoms with van der Waals surface area (Å²) in [6, 6.07) is 16.7. The summed E-state index contributed by atoms with van der Waals surface area (Å²) in [7, 11) is 0. The van der Waals surface area contributed by atoms with Crippen molar-refractivity contribution in [3.8, 4) is 28.4 Å². The monoisotopic (exact) mass is 369 g/mol. The third-order valence-electron chi connectivity index (χ3n) is 4.00. The number of phenolic OH excluding ortho intramolecular Hbond substituents is 2. The van der Waals surface area contributed by atoms with E-state index in [1.807, 2.05) is 42.5 Å². The van der Waals surface area contributed by atoms with Gasteiger partial charge in [0.1, 0.15) is 27.2 Å². The number of hydrogen-bond acceptors (Lipinski definition) is 5. The van der Waals surface area contributed by atoms with Crippen LogP contribution in [0.25, 0.3) is 27.7 Å². The van der Waals surface area contributed by atoms with E-state index in [0.29, 0.717) is 16.4 Å². The van der Waals surface area contributed by atoms with Crippen molar-refractivity contribution in [1.82, 2.24) is 15.0 Å². The normalized spacial score (nSPS) is 11.1. The van der Waals surface area contributed by atoms with Gasteiger partial charge in [-0.25, -0.2) is 4.68 Å². The molecule has 0 aliphatic rings. The van der Waals surface area contributed by atoms with Gasteiger partial charge in [-0.1, -0.05) is 59.3 Å². The van der Waals surface area contributed by atoms with Crippen LogP contribution in [0.5, 0.6) is 11.5 Å². The van der Waals surface area contributed by atoms with Crippen molar-refractivity contribution in [1.29, 1.82) is 0 Å². The Morgan fingerprint density at radius 1 is 0.960 bits per heavy atom. The van der Waals surface area contributed by atoms with Crippen molar-refractivity contribution in [2.75, 3.05) is 0 Å². The molecular weight excluding hydrogens is 358 g/mol. The number of phenols is 2. The number of nitrogens with zero attached hydrogens (tertiary/aromatic N) is 3. The van der Waals surface area contributed by atoms with E-state index in [4.69, 9.17) is 11.6 Å². The van der Waals surface area contributed by atoms with Crippen LogP contribution in [0.2, 0.25) is 5.02 Å². The van der Waals surface area contributed by atoms with Crippen LogP contribution in [0.4, 0.5) is 0 Å². The average molecular weight is 370 g/mol. The second kappa shape index (κ2) is 5.98. The Hall–Kier alpha value is -2.70. The lowest BCUT2D eigenvalue weighted by Crippen LogP contribution is -2.00. The molecule has 5 nitrogen and oxygen atoms in total. The van der Waals surface area contributed by atoms with E-state index in [1.54, 1.807) is 0 Å². The fourth-order valence-electron chi connectivity index (χ4n) is 2.82. The highest BCUT2D eigenvalue weighted by Crippen LogP contribution is 2.40. The maximum atomic E-state index is 10.3. The van der Waals surface area contributed by atoms with Gasteiger partial charge in [0.05, 0.1) is 0 Å². The van der Waals surface area contributed by atoms with E-state index in [1.165, 1.54) is 16.8 Å². The molecule has 0 amide bonds. The van der Waals surface area contributed by atoms with Gasteiger partial charge >= 0.3 is 0 Å². The number of rotatable bonds is 2. The van der Waals surface area contributed by atoms with E-state index in [0.717, 1.165) is 16.3 Å². The van der Waals surface area contributed by atoms with Crippen LogP contribution in [-0.2, 0) is 0 Å². The molecule has 7 heteroatoms. The molecule has 0 atom stereocenters. The molecule has 1 heterocycles. The fraction of sp³-hybridized carbons (Fsp3) is 0. The lowest BCUT2D eigenvalue weighted by Gasteiger charge is -2.12. The summed E-state index contributed by atoms with van der Waals surface area (Å²) < 4.78 is 1.46. The molecule has 0 saturated heterocycles. The van der Waals surface area contributed by atoms with Gasteiger partial charge < -0.3 is 10.2 Å². The van der Waals surface area contributed by atoms with E-state index >= 15 is 0 Å². The van der Waals surface area contributed by atoms with E-state index in [9.17, 15) is 10.2 Å². The Morgan fingerprint density at radius 3 is 2.56 bits per heavy atom. The number of thiol groups is 1. The summed E-state index contributed by atoms with van der Waals surface area (Å²) in [6.07, 6.45) is 0. The molecule has 3 aromatic carbocycles. The first-order valence-electron chi connectivity index (χ1n) is 7.41. The van der Waals surface area contributed by atoms with Crippen LogP contribution in [0, 0.1) is 0 Å². The minimum atomic E-state index is -0.276. The first kappa shape index (κ1) is 15.8. The van der Waals surface area contributed by atoms with Crippen LogP contribution in [0.1, 0.15) is 0 Å². The highest BCUT2D eigenvalue weighted by molar-refractivity contribution is 7.80. The summed E-state index contributed by atoms with van der Waals surface area (Å²) >= 11 is 10.4. The fourth-order valence-corrected chi connectivity index (χ4v) is 3.24. The first-order valence-corrected chi connectivity index (χ1v) is 8.24. The summed E-state index contributed by atoms with van der Waals surface area (Å²) in [5.41, 5.74) is 1.80. The van der Waals surface area contributed by atoms with Gasteiger partial charge in [0.25, 0.3) is 0 Å². The predicted octanol–water partition coefficient (Wildman–Crippen LogP) is 4.44. The van der Waals surface area contributed by atoms with Crippen molar-refractivity contribution in [3.05, 3.63) is 59.6 Å². The molecule has 0 radical (unpaired) electrons. The van der Waals surface area contributed by atoms with Crippen molar-refractivity contribution in [2.24, 2.45) is 0 Å². The minimum Gasteiger partial charge on any atom is -0.506 e. The second-order valence-corrected chi connectivity index (χ2v) is 6.27. The zero-order valence-electron chi connectivity index (χ0n) is 12.8. The third kappa shape index (κ3) is 2.50.